The SMILES string of the molecule is CCOC(CC)(CC)c1nc(C)c(I)c(NC)n1. The highest BCUT2D eigenvalue weighted by Gasteiger charge is 2.33. The Labute approximate surface area is 123 Å². The summed E-state index contributed by atoms with van der Waals surface area (Å²) in [6.07, 6.45) is 1.75. The normalized spacial score (nSPS) is 11.7. The second-order valence-electron chi connectivity index (χ2n) is 4.18. The number of nitrogens with one attached hydrogen (secondary N) is 1. The number of anilines is 1. The summed E-state index contributed by atoms with van der Waals surface area (Å²) >= 11 is 2.27. The van der Waals surface area contributed by atoms with Crippen molar-refractivity contribution in [2.24, 2.45) is 0 Å². The van der Waals surface area contributed by atoms with Gasteiger partial charge in [-0.15, -0.1) is 0 Å². The summed E-state index contributed by atoms with van der Waals surface area (Å²) in [7, 11) is 1.88. The molecule has 0 aliphatic carbocycles. The van der Waals surface area contributed by atoms with Gasteiger partial charge in [0.2, 0.25) is 0 Å². The van der Waals surface area contributed by atoms with Crippen LogP contribution in [-0.4, -0.2) is 23.6 Å². The average Bonchev–Trinajstić information content (AvgIpc) is 2.39. The van der Waals surface area contributed by atoms with Crippen LogP contribution >= 0.6 is 22.6 Å². The van der Waals surface area contributed by atoms with Crippen LogP contribution in [0.1, 0.15) is 45.1 Å². The van der Waals surface area contributed by atoms with Crippen molar-refractivity contribution in [3.8, 4) is 0 Å². The van der Waals surface area contributed by atoms with E-state index in [1.54, 1.807) is 0 Å². The highest BCUT2D eigenvalue weighted by atomic mass is 127. The lowest BCUT2D eigenvalue weighted by molar-refractivity contribution is -0.0571. The largest absolute Gasteiger partial charge is 0.372 e. The maximum Gasteiger partial charge on any atom is 0.162 e. The molecule has 0 amide bonds. The van der Waals surface area contributed by atoms with Gasteiger partial charge in [0.15, 0.2) is 5.82 Å². The highest BCUT2D eigenvalue weighted by Crippen LogP contribution is 2.32. The zero-order valence-electron chi connectivity index (χ0n) is 11.8. The van der Waals surface area contributed by atoms with Crippen LogP contribution in [0.15, 0.2) is 0 Å². The maximum absolute atomic E-state index is 5.95. The molecule has 1 rings (SSSR count). The fourth-order valence-electron chi connectivity index (χ4n) is 2.04. The first kappa shape index (κ1) is 15.6. The Morgan fingerprint density at radius 2 is 1.83 bits per heavy atom. The quantitative estimate of drug-likeness (QED) is 0.787. The van der Waals surface area contributed by atoms with E-state index >= 15 is 0 Å². The van der Waals surface area contributed by atoms with E-state index < -0.39 is 0 Å². The summed E-state index contributed by atoms with van der Waals surface area (Å²) in [4.78, 5) is 9.26. The van der Waals surface area contributed by atoms with Crippen molar-refractivity contribution in [1.82, 2.24) is 9.97 Å². The fraction of sp³-hybridized carbons (Fsp3) is 0.692. The van der Waals surface area contributed by atoms with Crippen LogP contribution in [-0.2, 0) is 10.3 Å². The van der Waals surface area contributed by atoms with Crippen LogP contribution in [0, 0.1) is 10.5 Å². The zero-order valence-corrected chi connectivity index (χ0v) is 14.0. The first-order valence-corrected chi connectivity index (χ1v) is 7.48. The van der Waals surface area contributed by atoms with Crippen molar-refractivity contribution in [3.63, 3.8) is 0 Å². The molecule has 5 heteroatoms. The van der Waals surface area contributed by atoms with Crippen molar-refractivity contribution < 1.29 is 4.74 Å². The lowest BCUT2D eigenvalue weighted by Crippen LogP contribution is -2.31. The number of hydrogen-bond donors (Lipinski definition) is 1. The molecule has 0 bridgehead atoms. The monoisotopic (exact) mass is 363 g/mol. The number of nitrogens with zero attached hydrogens (tertiary/aromatic N) is 2. The Kier molecular flexibility index (Phi) is 5.78. The molecule has 0 unspecified atom stereocenters. The zero-order chi connectivity index (χ0) is 13.8. The molecular weight excluding hydrogens is 341 g/mol. The third-order valence-corrected chi connectivity index (χ3v) is 4.52. The summed E-state index contributed by atoms with van der Waals surface area (Å²) in [5.74, 6) is 1.67. The lowest BCUT2D eigenvalue weighted by atomic mass is 9.95. The smallest absolute Gasteiger partial charge is 0.162 e. The van der Waals surface area contributed by atoms with Crippen molar-refractivity contribution >= 4 is 28.4 Å². The molecule has 1 heterocycles. The van der Waals surface area contributed by atoms with E-state index in [2.05, 4.69) is 51.7 Å². The molecule has 0 fully saturated rings. The molecule has 0 saturated heterocycles. The van der Waals surface area contributed by atoms with Gasteiger partial charge in [0.05, 0.1) is 9.26 Å². The van der Waals surface area contributed by atoms with Crippen molar-refractivity contribution in [2.75, 3.05) is 19.0 Å². The van der Waals surface area contributed by atoms with Gasteiger partial charge in [0.25, 0.3) is 0 Å². The molecule has 0 spiro atoms. The molecule has 0 aliphatic heterocycles. The van der Waals surface area contributed by atoms with Gasteiger partial charge in [-0.05, 0) is 49.3 Å². The van der Waals surface area contributed by atoms with Crippen LogP contribution in [0.5, 0.6) is 0 Å². The van der Waals surface area contributed by atoms with Crippen molar-refractivity contribution in [1.29, 1.82) is 0 Å². The number of ether oxygens (including phenoxy) is 1. The minimum absolute atomic E-state index is 0.366. The van der Waals surface area contributed by atoms with E-state index in [9.17, 15) is 0 Å². The minimum Gasteiger partial charge on any atom is -0.372 e. The Bertz CT molecular complexity index is 405. The van der Waals surface area contributed by atoms with E-state index in [1.165, 1.54) is 0 Å². The van der Waals surface area contributed by atoms with Gasteiger partial charge in [-0.3, -0.25) is 0 Å². The van der Waals surface area contributed by atoms with Gasteiger partial charge in [0, 0.05) is 13.7 Å². The van der Waals surface area contributed by atoms with E-state index in [0.717, 1.165) is 33.7 Å². The number of halogens is 1. The predicted molar refractivity (Wildman–Crippen MR) is 82.9 cm³/mol. The summed E-state index contributed by atoms with van der Waals surface area (Å²) < 4.78 is 7.02. The third-order valence-electron chi connectivity index (χ3n) is 3.22. The van der Waals surface area contributed by atoms with Crippen molar-refractivity contribution in [2.45, 2.75) is 46.1 Å². The van der Waals surface area contributed by atoms with Gasteiger partial charge >= 0.3 is 0 Å². The van der Waals surface area contributed by atoms with Gasteiger partial charge in [-0.1, -0.05) is 13.8 Å². The summed E-state index contributed by atoms with van der Waals surface area (Å²) in [6, 6.07) is 0. The van der Waals surface area contributed by atoms with Gasteiger partial charge in [-0.2, -0.15) is 0 Å². The molecule has 1 N–H and O–H groups in total. The first-order valence-electron chi connectivity index (χ1n) is 6.40. The maximum atomic E-state index is 5.95. The molecule has 0 saturated carbocycles. The summed E-state index contributed by atoms with van der Waals surface area (Å²) in [5.41, 5.74) is 0.631. The second kappa shape index (κ2) is 6.65. The highest BCUT2D eigenvalue weighted by molar-refractivity contribution is 14.1. The van der Waals surface area contributed by atoms with E-state index in [1.807, 2.05) is 20.9 Å². The van der Waals surface area contributed by atoms with Crippen LogP contribution in [0.4, 0.5) is 5.82 Å². The van der Waals surface area contributed by atoms with Crippen molar-refractivity contribution in [3.05, 3.63) is 15.1 Å². The Hall–Kier alpha value is -0.430. The second-order valence-corrected chi connectivity index (χ2v) is 5.26. The van der Waals surface area contributed by atoms with E-state index in [-0.39, 0.29) is 5.60 Å². The van der Waals surface area contributed by atoms with Gasteiger partial charge < -0.3 is 10.1 Å². The topological polar surface area (TPSA) is 47.0 Å². The molecule has 4 nitrogen and oxygen atoms in total. The van der Waals surface area contributed by atoms with Crippen LogP contribution < -0.4 is 5.32 Å². The Morgan fingerprint density at radius 1 is 1.22 bits per heavy atom. The molecule has 102 valence electrons. The third kappa shape index (κ3) is 2.93. The van der Waals surface area contributed by atoms with Crippen LogP contribution in [0.25, 0.3) is 0 Å². The molecule has 0 radical (unpaired) electrons. The first-order chi connectivity index (χ1) is 8.54. The number of aryl methyl sites for hydroxylation is 1. The Balaban J connectivity index is 3.32. The van der Waals surface area contributed by atoms with E-state index in [0.29, 0.717) is 6.61 Å². The molecule has 1 aromatic rings. The fourth-order valence-corrected chi connectivity index (χ4v) is 2.55. The lowest BCUT2D eigenvalue weighted by Gasteiger charge is -2.30. The molecular formula is C13H22IN3O. The average molecular weight is 363 g/mol. The minimum atomic E-state index is -0.366. The molecule has 1 aromatic heterocycles. The van der Waals surface area contributed by atoms with Crippen LogP contribution in [0.3, 0.4) is 0 Å². The van der Waals surface area contributed by atoms with Crippen LogP contribution in [0.2, 0.25) is 0 Å². The van der Waals surface area contributed by atoms with Gasteiger partial charge in [0.1, 0.15) is 11.4 Å². The molecule has 0 aliphatic rings. The number of aromatic nitrogens is 2. The Morgan fingerprint density at radius 3 is 2.28 bits per heavy atom. The number of hydrogen-bond acceptors (Lipinski definition) is 4. The molecule has 18 heavy (non-hydrogen) atoms. The predicted octanol–water partition coefficient (Wildman–Crippen LogP) is 3.48. The summed E-state index contributed by atoms with van der Waals surface area (Å²) in [6.45, 7) is 8.93. The summed E-state index contributed by atoms with van der Waals surface area (Å²) in [5, 5.41) is 3.12. The standard InChI is InChI=1S/C13H22IN3O/c1-6-13(7-2,18-8-3)12-16-9(4)10(14)11(15-5)17-12/h6-8H2,1-5H3,(H,15,16,17). The number of rotatable bonds is 6. The van der Waals surface area contributed by atoms with E-state index in [4.69, 9.17) is 4.74 Å². The van der Waals surface area contributed by atoms with Gasteiger partial charge in [-0.25, -0.2) is 9.97 Å². The molecule has 0 atom stereocenters. The molecule has 0 aromatic carbocycles.